The highest BCUT2D eigenvalue weighted by Crippen LogP contribution is 2.22. The van der Waals surface area contributed by atoms with Gasteiger partial charge < -0.3 is 10.2 Å². The number of anilines is 1. The third-order valence-corrected chi connectivity index (χ3v) is 5.13. The minimum atomic E-state index is -3.40. The van der Waals surface area contributed by atoms with Crippen LogP contribution in [0.25, 0.3) is 0 Å². The Morgan fingerprint density at radius 2 is 2.00 bits per heavy atom. The summed E-state index contributed by atoms with van der Waals surface area (Å²) in [7, 11) is -1.27. The second-order valence-corrected chi connectivity index (χ2v) is 8.52. The van der Waals surface area contributed by atoms with E-state index < -0.39 is 10.0 Å². The predicted molar refractivity (Wildman–Crippen MR) is 97.1 cm³/mol. The maximum Gasteiger partial charge on any atom is 0.252 e. The molecular weight excluding hydrogens is 350 g/mol. The van der Waals surface area contributed by atoms with E-state index in [0.29, 0.717) is 23.2 Å². The highest BCUT2D eigenvalue weighted by atomic mass is 35.5. The Morgan fingerprint density at radius 3 is 2.62 bits per heavy atom. The smallest absolute Gasteiger partial charge is 0.252 e. The van der Waals surface area contributed by atoms with Crippen LogP contribution in [0.5, 0.6) is 0 Å². The maximum absolute atomic E-state index is 12.3. The average Bonchev–Trinajstić information content (AvgIpc) is 2.49. The van der Waals surface area contributed by atoms with Gasteiger partial charge >= 0.3 is 0 Å². The van der Waals surface area contributed by atoms with Gasteiger partial charge in [0.25, 0.3) is 5.91 Å². The molecule has 1 saturated heterocycles. The van der Waals surface area contributed by atoms with Crippen LogP contribution in [-0.4, -0.2) is 52.2 Å². The molecule has 24 heavy (non-hydrogen) atoms. The van der Waals surface area contributed by atoms with Crippen LogP contribution in [0.2, 0.25) is 5.02 Å². The van der Waals surface area contributed by atoms with E-state index in [-0.39, 0.29) is 11.5 Å². The van der Waals surface area contributed by atoms with Gasteiger partial charge in [-0.15, -0.1) is 0 Å². The van der Waals surface area contributed by atoms with Gasteiger partial charge in [0.15, 0.2) is 0 Å². The summed E-state index contributed by atoms with van der Waals surface area (Å²) in [6.07, 6.45) is 4.31. The van der Waals surface area contributed by atoms with E-state index in [1.54, 1.807) is 0 Å². The minimum absolute atomic E-state index is 0.272. The molecule has 2 N–H and O–H groups in total. The van der Waals surface area contributed by atoms with Crippen molar-refractivity contribution in [1.82, 2.24) is 10.2 Å². The zero-order valence-corrected chi connectivity index (χ0v) is 15.6. The molecule has 0 radical (unpaired) electrons. The standard InChI is InChI=1S/C16H24ClN3O3S/c1-20-9-6-12(7-10-20)5-8-18-16(21)14-11-13(3-4-15(14)17)19-24(2,22)23/h3-4,11-12,19H,5-10H2,1-2H3,(H,18,21). The quantitative estimate of drug-likeness (QED) is 0.801. The zero-order chi connectivity index (χ0) is 17.7. The molecule has 0 aliphatic carbocycles. The molecule has 8 heteroatoms. The Bertz CT molecular complexity index is 686. The zero-order valence-electron chi connectivity index (χ0n) is 14.0. The SMILES string of the molecule is CN1CCC(CCNC(=O)c2cc(NS(C)(=O)=O)ccc2Cl)CC1. The molecule has 134 valence electrons. The molecule has 0 saturated carbocycles. The van der Waals surface area contributed by atoms with Crippen LogP contribution in [0.4, 0.5) is 5.69 Å². The fourth-order valence-electron chi connectivity index (χ4n) is 2.81. The van der Waals surface area contributed by atoms with Gasteiger partial charge in [-0.2, -0.15) is 0 Å². The fraction of sp³-hybridized carbons (Fsp3) is 0.562. The molecule has 1 aliphatic heterocycles. The molecular formula is C16H24ClN3O3S. The second-order valence-electron chi connectivity index (χ2n) is 6.36. The molecule has 1 aromatic rings. The van der Waals surface area contributed by atoms with E-state index >= 15 is 0 Å². The Hall–Kier alpha value is -1.31. The predicted octanol–water partition coefficient (Wildman–Crippen LogP) is 2.17. The number of halogens is 1. The van der Waals surface area contributed by atoms with Crippen LogP contribution in [0.3, 0.4) is 0 Å². The summed E-state index contributed by atoms with van der Waals surface area (Å²) in [5.74, 6) is 0.347. The number of rotatable bonds is 6. The monoisotopic (exact) mass is 373 g/mol. The Kier molecular flexibility index (Phi) is 6.48. The van der Waals surface area contributed by atoms with Crippen LogP contribution in [0, 0.1) is 5.92 Å². The summed E-state index contributed by atoms with van der Waals surface area (Å²) in [5.41, 5.74) is 0.594. The summed E-state index contributed by atoms with van der Waals surface area (Å²) < 4.78 is 24.9. The number of carbonyl (C=O) groups excluding carboxylic acids is 1. The van der Waals surface area contributed by atoms with Gasteiger partial charge in [0.05, 0.1) is 16.8 Å². The van der Waals surface area contributed by atoms with E-state index in [1.165, 1.54) is 18.2 Å². The van der Waals surface area contributed by atoms with Crippen molar-refractivity contribution in [1.29, 1.82) is 0 Å². The Balaban J connectivity index is 1.90. The van der Waals surface area contributed by atoms with Gasteiger partial charge in [-0.1, -0.05) is 11.6 Å². The van der Waals surface area contributed by atoms with Gasteiger partial charge in [0, 0.05) is 12.2 Å². The van der Waals surface area contributed by atoms with Crippen molar-refractivity contribution in [2.75, 3.05) is 37.7 Å². The Labute approximate surface area is 148 Å². The van der Waals surface area contributed by atoms with Crippen molar-refractivity contribution in [3.63, 3.8) is 0 Å². The molecule has 2 rings (SSSR count). The number of hydrogen-bond donors (Lipinski definition) is 2. The molecule has 6 nitrogen and oxygen atoms in total. The van der Waals surface area contributed by atoms with E-state index in [0.717, 1.165) is 38.6 Å². The molecule has 1 heterocycles. The van der Waals surface area contributed by atoms with Crippen molar-refractivity contribution in [3.8, 4) is 0 Å². The molecule has 0 aromatic heterocycles. The van der Waals surface area contributed by atoms with Crippen LogP contribution in [0.1, 0.15) is 29.6 Å². The van der Waals surface area contributed by atoms with Gasteiger partial charge in [-0.3, -0.25) is 9.52 Å². The molecule has 1 aromatic carbocycles. The molecule has 1 fully saturated rings. The number of hydrogen-bond acceptors (Lipinski definition) is 4. The van der Waals surface area contributed by atoms with E-state index in [1.807, 2.05) is 0 Å². The van der Waals surface area contributed by atoms with E-state index in [2.05, 4.69) is 22.0 Å². The first-order chi connectivity index (χ1) is 11.2. The molecule has 0 unspecified atom stereocenters. The molecule has 0 bridgehead atoms. The fourth-order valence-corrected chi connectivity index (χ4v) is 3.57. The lowest BCUT2D eigenvalue weighted by atomic mass is 9.94. The highest BCUT2D eigenvalue weighted by molar-refractivity contribution is 7.92. The normalized spacial score (nSPS) is 16.8. The lowest BCUT2D eigenvalue weighted by molar-refractivity contribution is 0.0949. The summed E-state index contributed by atoms with van der Waals surface area (Å²) in [5, 5.41) is 3.17. The van der Waals surface area contributed by atoms with Crippen LogP contribution >= 0.6 is 11.6 Å². The first kappa shape index (κ1) is 19.0. The maximum atomic E-state index is 12.3. The van der Waals surface area contributed by atoms with E-state index in [9.17, 15) is 13.2 Å². The summed E-state index contributed by atoms with van der Waals surface area (Å²) in [4.78, 5) is 14.6. The lowest BCUT2D eigenvalue weighted by Gasteiger charge is -2.28. The molecule has 1 amide bonds. The lowest BCUT2D eigenvalue weighted by Crippen LogP contribution is -2.32. The number of nitrogens with zero attached hydrogens (tertiary/aromatic N) is 1. The highest BCUT2D eigenvalue weighted by Gasteiger charge is 2.17. The van der Waals surface area contributed by atoms with Gasteiger partial charge in [-0.05, 0) is 63.5 Å². The number of nitrogens with one attached hydrogen (secondary N) is 2. The first-order valence-corrected chi connectivity index (χ1v) is 10.3. The third-order valence-electron chi connectivity index (χ3n) is 4.19. The van der Waals surface area contributed by atoms with Crippen LogP contribution < -0.4 is 10.0 Å². The summed E-state index contributed by atoms with van der Waals surface area (Å²) >= 11 is 6.06. The van der Waals surface area contributed by atoms with Crippen molar-refractivity contribution in [2.45, 2.75) is 19.3 Å². The van der Waals surface area contributed by atoms with Gasteiger partial charge in [0.1, 0.15) is 0 Å². The van der Waals surface area contributed by atoms with Crippen LogP contribution in [-0.2, 0) is 10.0 Å². The second kappa shape index (κ2) is 8.18. The average molecular weight is 374 g/mol. The van der Waals surface area contributed by atoms with Crippen LogP contribution in [0.15, 0.2) is 18.2 Å². The Morgan fingerprint density at radius 1 is 1.33 bits per heavy atom. The number of carbonyl (C=O) groups is 1. The van der Waals surface area contributed by atoms with Crippen molar-refractivity contribution in [2.24, 2.45) is 5.92 Å². The van der Waals surface area contributed by atoms with Crippen molar-refractivity contribution in [3.05, 3.63) is 28.8 Å². The largest absolute Gasteiger partial charge is 0.352 e. The summed E-state index contributed by atoms with van der Waals surface area (Å²) in [6, 6.07) is 4.49. The van der Waals surface area contributed by atoms with Gasteiger partial charge in [0.2, 0.25) is 10.0 Å². The minimum Gasteiger partial charge on any atom is -0.352 e. The number of sulfonamides is 1. The number of benzene rings is 1. The topological polar surface area (TPSA) is 78.5 Å². The third kappa shape index (κ3) is 5.96. The molecule has 1 aliphatic rings. The van der Waals surface area contributed by atoms with Gasteiger partial charge in [-0.25, -0.2) is 8.42 Å². The first-order valence-electron chi connectivity index (χ1n) is 7.98. The molecule has 0 spiro atoms. The van der Waals surface area contributed by atoms with E-state index in [4.69, 9.17) is 11.6 Å². The number of piperidine rings is 1. The van der Waals surface area contributed by atoms with Crippen molar-refractivity contribution >= 4 is 33.2 Å². The molecule has 0 atom stereocenters. The van der Waals surface area contributed by atoms with Crippen molar-refractivity contribution < 1.29 is 13.2 Å². The number of amides is 1. The summed E-state index contributed by atoms with van der Waals surface area (Å²) in [6.45, 7) is 2.79. The number of likely N-dealkylation sites (tertiary alicyclic amines) is 1.